The number of anilines is 1. The van der Waals surface area contributed by atoms with Crippen molar-refractivity contribution >= 4 is 29.6 Å². The zero-order valence-electron chi connectivity index (χ0n) is 18.7. The van der Waals surface area contributed by atoms with Crippen molar-refractivity contribution in [1.82, 2.24) is 15.3 Å². The summed E-state index contributed by atoms with van der Waals surface area (Å²) in [7, 11) is 1.67. The van der Waals surface area contributed by atoms with Gasteiger partial charge in [-0.15, -0.1) is 11.8 Å². The fraction of sp³-hybridized carbons (Fsp3) is 0.208. The number of ether oxygens (including phenoxy) is 2. The molecule has 2 heterocycles. The highest BCUT2D eigenvalue weighted by Gasteiger charge is 2.14. The van der Waals surface area contributed by atoms with Crippen LogP contribution >= 0.6 is 11.8 Å². The first kappa shape index (κ1) is 25.2. The highest BCUT2D eigenvalue weighted by atomic mass is 32.2. The van der Waals surface area contributed by atoms with Crippen molar-refractivity contribution in [2.24, 2.45) is 5.73 Å². The number of primary amides is 1. The zero-order chi connectivity index (χ0) is 24.3. The van der Waals surface area contributed by atoms with Gasteiger partial charge in [0.25, 0.3) is 0 Å². The van der Waals surface area contributed by atoms with Crippen LogP contribution in [0.1, 0.15) is 17.0 Å². The summed E-state index contributed by atoms with van der Waals surface area (Å²) < 4.78 is 25.4. The van der Waals surface area contributed by atoms with Crippen LogP contribution < -0.4 is 21.1 Å². The fourth-order valence-electron chi connectivity index (χ4n) is 2.94. The monoisotopic (exact) mass is 483 g/mol. The number of carbonyl (C=O) groups excluding carboxylic acids is 1. The van der Waals surface area contributed by atoms with E-state index in [9.17, 15) is 9.18 Å². The molecule has 0 bridgehead atoms. The molecule has 4 N–H and O–H groups in total. The van der Waals surface area contributed by atoms with E-state index in [0.29, 0.717) is 35.2 Å². The van der Waals surface area contributed by atoms with E-state index in [-0.39, 0.29) is 11.4 Å². The number of carbonyl (C=O) groups is 1. The zero-order valence-corrected chi connectivity index (χ0v) is 19.5. The van der Waals surface area contributed by atoms with Crippen molar-refractivity contribution in [3.63, 3.8) is 0 Å². The average Bonchev–Trinajstić information content (AvgIpc) is 2.83. The summed E-state index contributed by atoms with van der Waals surface area (Å²) in [6.07, 6.45) is 5.02. The molecule has 0 fully saturated rings. The molecule has 2 amide bonds. The third-order valence-corrected chi connectivity index (χ3v) is 5.71. The number of urea groups is 1. The van der Waals surface area contributed by atoms with E-state index in [1.54, 1.807) is 25.4 Å². The molecular formula is C24H26FN5O3S. The molecule has 178 valence electrons. The van der Waals surface area contributed by atoms with Crippen molar-refractivity contribution in [2.75, 3.05) is 25.6 Å². The Balaban J connectivity index is 1.70. The number of pyridine rings is 2. The largest absolute Gasteiger partial charge is 0.453 e. The SMILES string of the molecule is C=Cc1nccc(Oc2ccc(NC(N)=O)cc2F)c1SCc1ccc(CNCCOC)cn1. The molecule has 0 aliphatic carbocycles. The maximum atomic E-state index is 14.5. The Kier molecular flexibility index (Phi) is 9.39. The van der Waals surface area contributed by atoms with Gasteiger partial charge in [-0.1, -0.05) is 12.6 Å². The Morgan fingerprint density at radius 2 is 2.09 bits per heavy atom. The van der Waals surface area contributed by atoms with Crippen molar-refractivity contribution in [2.45, 2.75) is 17.2 Å². The van der Waals surface area contributed by atoms with Crippen LogP contribution in [0.15, 0.2) is 60.3 Å². The van der Waals surface area contributed by atoms with E-state index in [1.807, 2.05) is 18.3 Å². The second-order valence-corrected chi connectivity index (χ2v) is 8.07. The molecule has 0 aliphatic rings. The van der Waals surface area contributed by atoms with Crippen LogP contribution in [0.25, 0.3) is 6.08 Å². The minimum Gasteiger partial charge on any atom is -0.453 e. The maximum absolute atomic E-state index is 14.5. The summed E-state index contributed by atoms with van der Waals surface area (Å²) >= 11 is 1.47. The van der Waals surface area contributed by atoms with E-state index in [4.69, 9.17) is 15.2 Å². The number of rotatable bonds is 12. The van der Waals surface area contributed by atoms with E-state index in [2.05, 4.69) is 27.2 Å². The quantitative estimate of drug-likeness (QED) is 0.256. The lowest BCUT2D eigenvalue weighted by molar-refractivity contribution is 0.199. The van der Waals surface area contributed by atoms with Crippen molar-refractivity contribution in [3.05, 3.63) is 78.1 Å². The Morgan fingerprint density at radius 3 is 2.76 bits per heavy atom. The van der Waals surface area contributed by atoms with Gasteiger partial charge in [0, 0.05) is 56.2 Å². The van der Waals surface area contributed by atoms with Gasteiger partial charge in [0.05, 0.1) is 22.9 Å². The van der Waals surface area contributed by atoms with Gasteiger partial charge >= 0.3 is 6.03 Å². The maximum Gasteiger partial charge on any atom is 0.316 e. The second kappa shape index (κ2) is 12.7. The summed E-state index contributed by atoms with van der Waals surface area (Å²) in [5.41, 5.74) is 7.88. The number of thioether (sulfide) groups is 1. The number of hydrogen-bond donors (Lipinski definition) is 3. The second-order valence-electron chi connectivity index (χ2n) is 7.08. The third kappa shape index (κ3) is 7.27. The van der Waals surface area contributed by atoms with Crippen LogP contribution in [0.4, 0.5) is 14.9 Å². The lowest BCUT2D eigenvalue weighted by Gasteiger charge is -2.14. The lowest BCUT2D eigenvalue weighted by Crippen LogP contribution is -2.19. The van der Waals surface area contributed by atoms with Gasteiger partial charge in [-0.3, -0.25) is 9.97 Å². The number of hydrogen-bond acceptors (Lipinski definition) is 7. The fourth-order valence-corrected chi connectivity index (χ4v) is 3.94. The van der Waals surface area contributed by atoms with Crippen molar-refractivity contribution < 1.29 is 18.7 Å². The minimum atomic E-state index is -0.777. The standard InChI is InChI=1S/C24H26FN5O3S/c1-3-20-23(34-15-18-5-4-16(14-29-18)13-27-10-11-32-2)22(8-9-28-20)33-21-7-6-17(12-19(21)25)30-24(26)31/h3-9,12,14,27H,1,10-11,13,15H2,2H3,(H3,26,30,31). The molecule has 8 nitrogen and oxygen atoms in total. The summed E-state index contributed by atoms with van der Waals surface area (Å²) in [5, 5.41) is 5.60. The van der Waals surface area contributed by atoms with Crippen LogP contribution in [0.2, 0.25) is 0 Å². The Hall–Kier alpha value is -3.47. The molecule has 0 saturated carbocycles. The molecular weight excluding hydrogens is 457 g/mol. The first-order valence-corrected chi connectivity index (χ1v) is 11.4. The van der Waals surface area contributed by atoms with E-state index in [0.717, 1.165) is 23.9 Å². The molecule has 0 saturated heterocycles. The van der Waals surface area contributed by atoms with Crippen molar-refractivity contribution in [3.8, 4) is 11.5 Å². The van der Waals surface area contributed by atoms with Crippen LogP contribution in [0.3, 0.4) is 0 Å². The average molecular weight is 484 g/mol. The number of nitrogens with zero attached hydrogens (tertiary/aromatic N) is 2. The van der Waals surface area contributed by atoms with Gasteiger partial charge in [0.2, 0.25) is 0 Å². The van der Waals surface area contributed by atoms with E-state index < -0.39 is 11.8 Å². The third-order valence-electron chi connectivity index (χ3n) is 4.57. The predicted molar refractivity (Wildman–Crippen MR) is 131 cm³/mol. The van der Waals surface area contributed by atoms with Crippen molar-refractivity contribution in [1.29, 1.82) is 0 Å². The number of methoxy groups -OCH3 is 1. The van der Waals surface area contributed by atoms with Crippen LogP contribution in [-0.2, 0) is 17.0 Å². The van der Waals surface area contributed by atoms with Gasteiger partial charge < -0.3 is 25.8 Å². The predicted octanol–water partition coefficient (Wildman–Crippen LogP) is 4.57. The van der Waals surface area contributed by atoms with Gasteiger partial charge in [-0.05, 0) is 29.8 Å². The van der Waals surface area contributed by atoms with Gasteiger partial charge in [0.15, 0.2) is 11.6 Å². The van der Waals surface area contributed by atoms with Gasteiger partial charge in [0.1, 0.15) is 5.75 Å². The molecule has 0 radical (unpaired) electrons. The number of benzene rings is 1. The Bertz CT molecular complexity index is 1130. The number of nitrogens with one attached hydrogen (secondary N) is 2. The molecule has 3 aromatic rings. The Morgan fingerprint density at radius 1 is 1.24 bits per heavy atom. The summed E-state index contributed by atoms with van der Waals surface area (Å²) in [6.45, 7) is 5.95. The molecule has 34 heavy (non-hydrogen) atoms. The molecule has 3 rings (SSSR count). The summed E-state index contributed by atoms with van der Waals surface area (Å²) in [6, 6.07) is 8.93. The molecule has 0 atom stereocenters. The number of halogens is 1. The lowest BCUT2D eigenvalue weighted by atomic mass is 10.2. The first-order valence-electron chi connectivity index (χ1n) is 10.4. The molecule has 0 unspecified atom stereocenters. The molecule has 10 heteroatoms. The van der Waals surface area contributed by atoms with E-state index in [1.165, 1.54) is 23.9 Å². The normalized spacial score (nSPS) is 10.6. The Labute approximate surface area is 201 Å². The number of amides is 2. The smallest absolute Gasteiger partial charge is 0.316 e. The summed E-state index contributed by atoms with van der Waals surface area (Å²) in [4.78, 5) is 20.5. The topological polar surface area (TPSA) is 111 Å². The highest BCUT2D eigenvalue weighted by Crippen LogP contribution is 2.37. The van der Waals surface area contributed by atoms with Gasteiger partial charge in [-0.25, -0.2) is 9.18 Å². The van der Waals surface area contributed by atoms with Crippen LogP contribution in [-0.4, -0.2) is 36.3 Å². The van der Waals surface area contributed by atoms with E-state index >= 15 is 0 Å². The highest BCUT2D eigenvalue weighted by molar-refractivity contribution is 7.98. The van der Waals surface area contributed by atoms with Crippen LogP contribution in [0.5, 0.6) is 11.5 Å². The van der Waals surface area contributed by atoms with Gasteiger partial charge in [-0.2, -0.15) is 0 Å². The van der Waals surface area contributed by atoms with Crippen LogP contribution in [0, 0.1) is 5.82 Å². The minimum absolute atomic E-state index is 0.00142. The number of nitrogens with two attached hydrogens (primary N) is 1. The number of aromatic nitrogens is 2. The molecule has 0 spiro atoms. The molecule has 2 aromatic heterocycles. The molecule has 1 aromatic carbocycles. The summed E-state index contributed by atoms with van der Waals surface area (Å²) in [5.74, 6) is 0.352. The molecule has 0 aliphatic heterocycles. The first-order chi connectivity index (χ1) is 16.5.